The average Bonchev–Trinajstić information content (AvgIpc) is 2.42. The molecule has 2 fully saturated rings. The molecule has 0 heterocycles. The second kappa shape index (κ2) is 2.11. The summed E-state index contributed by atoms with van der Waals surface area (Å²) in [6.07, 6.45) is 6.63. The van der Waals surface area contributed by atoms with Crippen LogP contribution >= 0.6 is 0 Å². The molecule has 0 nitrogen and oxygen atoms in total. The van der Waals surface area contributed by atoms with Crippen LogP contribution in [-0.4, -0.2) is 0 Å². The molecule has 56 valence electrons. The highest BCUT2D eigenvalue weighted by Crippen LogP contribution is 2.52. The Morgan fingerprint density at radius 2 is 2.20 bits per heavy atom. The zero-order chi connectivity index (χ0) is 7.14. The number of hydrogen-bond acceptors (Lipinski definition) is 0. The maximum absolute atomic E-state index is 3.92. The summed E-state index contributed by atoms with van der Waals surface area (Å²) in [5.41, 5.74) is 0. The molecule has 0 spiro atoms. The summed E-state index contributed by atoms with van der Waals surface area (Å²) in [4.78, 5) is 0. The van der Waals surface area contributed by atoms with Crippen molar-refractivity contribution in [1.29, 1.82) is 0 Å². The summed E-state index contributed by atoms with van der Waals surface area (Å²) in [5.74, 6) is 3.89. The molecular weight excluding hydrogens is 120 g/mol. The molecule has 0 saturated heterocycles. The topological polar surface area (TPSA) is 0 Å². The molecule has 0 amide bonds. The number of allylic oxidation sites excluding steroid dienone is 1. The molecule has 2 bridgehead atoms. The maximum atomic E-state index is 3.92. The van der Waals surface area contributed by atoms with Gasteiger partial charge in [0.1, 0.15) is 0 Å². The van der Waals surface area contributed by atoms with E-state index in [0.29, 0.717) is 0 Å². The molecule has 0 aromatic rings. The minimum atomic E-state index is 0.884. The highest BCUT2D eigenvalue weighted by molar-refractivity contribution is 5.02. The first-order valence-electron chi connectivity index (χ1n) is 4.45. The Morgan fingerprint density at radius 3 is 2.50 bits per heavy atom. The quantitative estimate of drug-likeness (QED) is 0.486. The molecule has 0 aromatic carbocycles. The Bertz CT molecular complexity index is 148. The summed E-state index contributed by atoms with van der Waals surface area (Å²) >= 11 is 0. The van der Waals surface area contributed by atoms with Gasteiger partial charge in [0.05, 0.1) is 0 Å². The van der Waals surface area contributed by atoms with Crippen molar-refractivity contribution < 1.29 is 0 Å². The lowest BCUT2D eigenvalue weighted by molar-refractivity contribution is 0.354. The first-order chi connectivity index (χ1) is 4.83. The minimum absolute atomic E-state index is 0.884. The lowest BCUT2D eigenvalue weighted by atomic mass is 9.90. The Morgan fingerprint density at radius 1 is 1.40 bits per heavy atom. The van der Waals surface area contributed by atoms with Crippen LogP contribution in [0.2, 0.25) is 0 Å². The maximum Gasteiger partial charge on any atom is -0.0177 e. The average molecular weight is 136 g/mol. The fourth-order valence-electron chi connectivity index (χ4n) is 3.10. The third-order valence-electron chi connectivity index (χ3n) is 3.59. The van der Waals surface area contributed by atoms with Crippen molar-refractivity contribution in [2.24, 2.45) is 23.7 Å². The molecule has 0 aromatic heterocycles. The Hall–Kier alpha value is -0.260. The van der Waals surface area contributed by atoms with Crippen LogP contribution in [0.15, 0.2) is 12.7 Å². The van der Waals surface area contributed by atoms with Crippen molar-refractivity contribution in [2.45, 2.75) is 26.2 Å². The van der Waals surface area contributed by atoms with E-state index < -0.39 is 0 Å². The molecule has 0 aliphatic heterocycles. The van der Waals surface area contributed by atoms with Gasteiger partial charge in [0.15, 0.2) is 0 Å². The van der Waals surface area contributed by atoms with Crippen LogP contribution in [0, 0.1) is 23.7 Å². The smallest absolute Gasteiger partial charge is 0.0177 e. The van der Waals surface area contributed by atoms with Gasteiger partial charge < -0.3 is 0 Å². The van der Waals surface area contributed by atoms with Crippen LogP contribution in [0.5, 0.6) is 0 Å². The van der Waals surface area contributed by atoms with E-state index in [-0.39, 0.29) is 0 Å². The highest BCUT2D eigenvalue weighted by Gasteiger charge is 2.43. The van der Waals surface area contributed by atoms with Crippen molar-refractivity contribution in [3.05, 3.63) is 12.7 Å². The van der Waals surface area contributed by atoms with Gasteiger partial charge in [-0.15, -0.1) is 6.58 Å². The van der Waals surface area contributed by atoms with Crippen LogP contribution in [0.25, 0.3) is 0 Å². The molecule has 4 unspecified atom stereocenters. The standard InChI is InChI=1S/C10H16/c1-3-9-8-4-5-10(9)7(2)6-8/h3,7-10H,1,4-6H2,2H3. The van der Waals surface area contributed by atoms with Gasteiger partial charge >= 0.3 is 0 Å². The van der Waals surface area contributed by atoms with E-state index in [2.05, 4.69) is 19.6 Å². The SMILES string of the molecule is C=CC1C2CCC1C(C)C2. The summed E-state index contributed by atoms with van der Waals surface area (Å²) in [6, 6.07) is 0. The van der Waals surface area contributed by atoms with Crippen LogP contribution in [-0.2, 0) is 0 Å². The van der Waals surface area contributed by atoms with E-state index in [1.807, 2.05) is 0 Å². The summed E-state index contributed by atoms with van der Waals surface area (Å²) in [6.45, 7) is 6.32. The van der Waals surface area contributed by atoms with Gasteiger partial charge in [-0.3, -0.25) is 0 Å². The molecule has 0 N–H and O–H groups in total. The zero-order valence-corrected chi connectivity index (χ0v) is 6.72. The molecular formula is C10H16. The lowest BCUT2D eigenvalue weighted by Gasteiger charge is -2.15. The van der Waals surface area contributed by atoms with Crippen molar-refractivity contribution in [1.82, 2.24) is 0 Å². The van der Waals surface area contributed by atoms with Gasteiger partial charge in [0, 0.05) is 0 Å². The predicted octanol–water partition coefficient (Wildman–Crippen LogP) is 2.85. The molecule has 4 atom stereocenters. The third-order valence-corrected chi connectivity index (χ3v) is 3.59. The monoisotopic (exact) mass is 136 g/mol. The zero-order valence-electron chi connectivity index (χ0n) is 6.72. The van der Waals surface area contributed by atoms with E-state index in [4.69, 9.17) is 0 Å². The van der Waals surface area contributed by atoms with Gasteiger partial charge in [-0.2, -0.15) is 0 Å². The number of hydrogen-bond donors (Lipinski definition) is 0. The lowest BCUT2D eigenvalue weighted by Crippen LogP contribution is -2.07. The first kappa shape index (κ1) is 6.45. The van der Waals surface area contributed by atoms with Crippen molar-refractivity contribution in [2.75, 3.05) is 0 Å². The fourth-order valence-corrected chi connectivity index (χ4v) is 3.10. The van der Waals surface area contributed by atoms with Crippen molar-refractivity contribution in [3.63, 3.8) is 0 Å². The molecule has 0 heteroatoms. The van der Waals surface area contributed by atoms with Gasteiger partial charge in [-0.25, -0.2) is 0 Å². The van der Waals surface area contributed by atoms with Crippen molar-refractivity contribution >= 4 is 0 Å². The highest BCUT2D eigenvalue weighted by atomic mass is 14.5. The van der Waals surface area contributed by atoms with Crippen LogP contribution in [0.3, 0.4) is 0 Å². The van der Waals surface area contributed by atoms with Crippen LogP contribution in [0.4, 0.5) is 0 Å². The second-order valence-corrected chi connectivity index (χ2v) is 4.03. The third kappa shape index (κ3) is 0.680. The predicted molar refractivity (Wildman–Crippen MR) is 43.7 cm³/mol. The van der Waals surface area contributed by atoms with E-state index in [0.717, 1.165) is 23.7 Å². The number of rotatable bonds is 1. The van der Waals surface area contributed by atoms with E-state index in [1.54, 1.807) is 0 Å². The Balaban J connectivity index is 2.18. The fraction of sp³-hybridized carbons (Fsp3) is 0.800. The van der Waals surface area contributed by atoms with Crippen molar-refractivity contribution in [3.8, 4) is 0 Å². The summed E-state index contributed by atoms with van der Waals surface area (Å²) < 4.78 is 0. The Labute approximate surface area is 63.3 Å². The van der Waals surface area contributed by atoms with Crippen LogP contribution < -0.4 is 0 Å². The van der Waals surface area contributed by atoms with Gasteiger partial charge in [0.2, 0.25) is 0 Å². The molecule has 2 rings (SSSR count). The minimum Gasteiger partial charge on any atom is -0.103 e. The molecule has 2 aliphatic rings. The normalized spacial score (nSPS) is 51.7. The molecule has 10 heavy (non-hydrogen) atoms. The van der Waals surface area contributed by atoms with Gasteiger partial charge in [0.25, 0.3) is 0 Å². The largest absolute Gasteiger partial charge is 0.103 e. The second-order valence-electron chi connectivity index (χ2n) is 4.03. The van der Waals surface area contributed by atoms with E-state index in [9.17, 15) is 0 Å². The first-order valence-corrected chi connectivity index (χ1v) is 4.45. The van der Waals surface area contributed by atoms with E-state index in [1.165, 1.54) is 19.3 Å². The summed E-state index contributed by atoms with van der Waals surface area (Å²) in [7, 11) is 0. The van der Waals surface area contributed by atoms with Gasteiger partial charge in [-0.05, 0) is 42.9 Å². The van der Waals surface area contributed by atoms with Gasteiger partial charge in [-0.1, -0.05) is 13.0 Å². The molecule has 0 radical (unpaired) electrons. The Kier molecular flexibility index (Phi) is 1.36. The molecule has 2 saturated carbocycles. The number of fused-ring (bicyclic) bond motifs is 2. The van der Waals surface area contributed by atoms with Crippen LogP contribution in [0.1, 0.15) is 26.2 Å². The molecule has 2 aliphatic carbocycles. The summed E-state index contributed by atoms with van der Waals surface area (Å²) in [5, 5.41) is 0. The van der Waals surface area contributed by atoms with E-state index >= 15 is 0 Å².